The van der Waals surface area contributed by atoms with E-state index in [1.807, 2.05) is 21.1 Å². The van der Waals surface area contributed by atoms with Crippen LogP contribution >= 0.6 is 7.82 Å². The number of likely N-dealkylation sites (N-methyl/N-ethyl adjacent to an activating group) is 1. The number of phosphoric ester groups is 1. The molecule has 0 aromatic carbocycles. The van der Waals surface area contributed by atoms with Gasteiger partial charge in [0.1, 0.15) is 19.8 Å². The molecule has 0 fully saturated rings. The molecule has 2 unspecified atom stereocenters. The second kappa shape index (κ2) is 38.2. The number of ether oxygens (including phenoxy) is 2. The van der Waals surface area contributed by atoms with E-state index in [1.54, 1.807) is 0 Å². The first-order chi connectivity index (χ1) is 27.0. The second-order valence-electron chi connectivity index (χ2n) is 15.7. The lowest BCUT2D eigenvalue weighted by atomic mass is 10.0. The molecular weight excluding hydrogens is 725 g/mol. The molecule has 10 heteroatoms. The first kappa shape index (κ1) is 53.7. The van der Waals surface area contributed by atoms with E-state index in [0.29, 0.717) is 17.4 Å². The molecule has 0 aliphatic carbocycles. The number of unbranched alkanes of at least 4 members (excludes halogenated alkanes) is 15. The van der Waals surface area contributed by atoms with Gasteiger partial charge < -0.3 is 18.9 Å². The maximum Gasteiger partial charge on any atom is 0.472 e. The van der Waals surface area contributed by atoms with Crippen molar-refractivity contribution in [2.45, 2.75) is 174 Å². The van der Waals surface area contributed by atoms with Gasteiger partial charge in [0.05, 0.1) is 27.7 Å². The van der Waals surface area contributed by atoms with Gasteiger partial charge in [-0.15, -0.1) is 0 Å². The second-order valence-corrected chi connectivity index (χ2v) is 17.2. The van der Waals surface area contributed by atoms with Crippen LogP contribution in [0.5, 0.6) is 0 Å². The Kier molecular flexibility index (Phi) is 36.7. The first-order valence-electron chi connectivity index (χ1n) is 22.0. The van der Waals surface area contributed by atoms with E-state index < -0.39 is 26.5 Å². The van der Waals surface area contributed by atoms with Gasteiger partial charge >= 0.3 is 19.8 Å². The van der Waals surface area contributed by atoms with Crippen LogP contribution in [0.3, 0.4) is 0 Å². The van der Waals surface area contributed by atoms with Gasteiger partial charge in [-0.2, -0.15) is 0 Å². The van der Waals surface area contributed by atoms with Crippen molar-refractivity contribution in [2.75, 3.05) is 47.5 Å². The molecule has 0 radical (unpaired) electrons. The van der Waals surface area contributed by atoms with E-state index in [-0.39, 0.29) is 32.0 Å². The van der Waals surface area contributed by atoms with E-state index >= 15 is 0 Å². The third-order valence-corrected chi connectivity index (χ3v) is 10.0. The number of rotatable bonds is 39. The predicted octanol–water partition coefficient (Wildman–Crippen LogP) is 12.5. The molecule has 324 valence electrons. The zero-order chi connectivity index (χ0) is 41.4. The van der Waals surface area contributed by atoms with Crippen molar-refractivity contribution in [3.63, 3.8) is 0 Å². The summed E-state index contributed by atoms with van der Waals surface area (Å²) in [7, 11) is 1.45. The first-order valence-corrected chi connectivity index (χ1v) is 23.5. The summed E-state index contributed by atoms with van der Waals surface area (Å²) in [5, 5.41) is 0. The van der Waals surface area contributed by atoms with Crippen molar-refractivity contribution in [1.82, 2.24) is 0 Å². The number of hydrogen-bond donors (Lipinski definition) is 1. The number of esters is 2. The molecule has 0 aliphatic rings. The standard InChI is InChI=1S/C46H82NO8P/c1-6-8-10-12-14-16-18-20-21-22-23-24-25-27-29-31-33-35-37-39-46(49)55-44(43-54-56(50,51)53-41-40-47(3,4)5)42-52-45(48)38-36-34-32-30-28-26-19-17-15-13-11-9-7-2/h8,10,14,16,20-21,23-24,27,29,44H,6-7,9,11-13,15,17-19,22,25-26,28,30-43H2,1-5H3/p+1/b10-8-,16-14-,21-20-,24-23-,29-27-. The van der Waals surface area contributed by atoms with Gasteiger partial charge in [0.25, 0.3) is 0 Å². The third kappa shape index (κ3) is 41.3. The highest BCUT2D eigenvalue weighted by molar-refractivity contribution is 7.47. The van der Waals surface area contributed by atoms with Crippen LogP contribution in [0.4, 0.5) is 0 Å². The summed E-state index contributed by atoms with van der Waals surface area (Å²) >= 11 is 0. The average molecular weight is 809 g/mol. The Balaban J connectivity index is 4.43. The minimum absolute atomic E-state index is 0.0233. The molecule has 56 heavy (non-hydrogen) atoms. The summed E-state index contributed by atoms with van der Waals surface area (Å²) in [5.41, 5.74) is 0. The van der Waals surface area contributed by atoms with Gasteiger partial charge in [-0.3, -0.25) is 18.6 Å². The summed E-state index contributed by atoms with van der Waals surface area (Å²) in [6.07, 6.45) is 45.5. The van der Waals surface area contributed by atoms with Crippen molar-refractivity contribution in [2.24, 2.45) is 0 Å². The minimum atomic E-state index is -4.38. The highest BCUT2D eigenvalue weighted by atomic mass is 31.2. The molecule has 0 saturated heterocycles. The van der Waals surface area contributed by atoms with Crippen LogP contribution in [-0.2, 0) is 32.7 Å². The van der Waals surface area contributed by atoms with Gasteiger partial charge in [-0.05, 0) is 57.8 Å². The number of hydrogen-bond acceptors (Lipinski definition) is 7. The maximum atomic E-state index is 12.7. The molecule has 0 heterocycles. The Morgan fingerprint density at radius 2 is 1.02 bits per heavy atom. The van der Waals surface area contributed by atoms with Gasteiger partial charge in [0, 0.05) is 12.8 Å². The summed E-state index contributed by atoms with van der Waals surface area (Å²) in [4.78, 5) is 35.3. The quantitative estimate of drug-likeness (QED) is 0.0215. The molecule has 0 bridgehead atoms. The molecule has 9 nitrogen and oxygen atoms in total. The number of carbonyl (C=O) groups excluding carboxylic acids is 2. The maximum absolute atomic E-state index is 12.7. The zero-order valence-corrected chi connectivity index (χ0v) is 37.2. The molecule has 2 atom stereocenters. The fourth-order valence-corrected chi connectivity index (χ4v) is 6.37. The normalized spacial score (nSPS) is 14.2. The van der Waals surface area contributed by atoms with Crippen LogP contribution in [-0.4, -0.2) is 74.9 Å². The molecular formula is C46H83NO8P+. The molecule has 0 amide bonds. The van der Waals surface area contributed by atoms with Crippen LogP contribution < -0.4 is 0 Å². The summed E-state index contributed by atoms with van der Waals surface area (Å²) in [6.45, 7) is 4.26. The number of quaternary nitrogens is 1. The molecule has 0 aromatic heterocycles. The van der Waals surface area contributed by atoms with E-state index in [4.69, 9.17) is 18.5 Å². The van der Waals surface area contributed by atoms with E-state index in [2.05, 4.69) is 74.6 Å². The lowest BCUT2D eigenvalue weighted by molar-refractivity contribution is -0.870. The fraction of sp³-hybridized carbons (Fsp3) is 0.739. The van der Waals surface area contributed by atoms with Crippen molar-refractivity contribution in [3.05, 3.63) is 60.8 Å². The average Bonchev–Trinajstić information content (AvgIpc) is 3.15. The number of carbonyl (C=O) groups is 2. The minimum Gasteiger partial charge on any atom is -0.462 e. The summed E-state index contributed by atoms with van der Waals surface area (Å²) < 4.78 is 34.3. The monoisotopic (exact) mass is 809 g/mol. The van der Waals surface area contributed by atoms with Crippen molar-refractivity contribution >= 4 is 19.8 Å². The molecule has 0 aromatic rings. The van der Waals surface area contributed by atoms with Gasteiger partial charge in [-0.25, -0.2) is 4.57 Å². The van der Waals surface area contributed by atoms with Gasteiger partial charge in [0.2, 0.25) is 0 Å². The Hall–Kier alpha value is -2.29. The van der Waals surface area contributed by atoms with Crippen molar-refractivity contribution in [3.8, 4) is 0 Å². The SMILES string of the molecule is CC/C=C\C/C=C\C/C=C\C/C=C\C/C=C\CCCCCC(=O)OC(COC(=O)CCCCCCCCCCCCCCC)COP(=O)(O)OCC[N+](C)(C)C. The Morgan fingerprint density at radius 1 is 0.571 bits per heavy atom. The Bertz CT molecular complexity index is 1140. The van der Waals surface area contributed by atoms with Crippen LogP contribution in [0.15, 0.2) is 60.8 Å². The van der Waals surface area contributed by atoms with E-state index in [1.165, 1.54) is 64.2 Å². The fourth-order valence-electron chi connectivity index (χ4n) is 5.63. The van der Waals surface area contributed by atoms with Gasteiger partial charge in [0.15, 0.2) is 6.10 Å². The summed E-state index contributed by atoms with van der Waals surface area (Å²) in [6, 6.07) is 0. The van der Waals surface area contributed by atoms with Gasteiger partial charge in [-0.1, -0.05) is 158 Å². The Labute approximate surface area is 343 Å². The number of phosphoric acid groups is 1. The highest BCUT2D eigenvalue weighted by Gasteiger charge is 2.27. The van der Waals surface area contributed by atoms with Crippen LogP contribution in [0.1, 0.15) is 168 Å². The highest BCUT2D eigenvalue weighted by Crippen LogP contribution is 2.43. The van der Waals surface area contributed by atoms with E-state index in [0.717, 1.165) is 70.6 Å². The van der Waals surface area contributed by atoms with Crippen molar-refractivity contribution < 1.29 is 42.1 Å². The predicted molar refractivity (Wildman–Crippen MR) is 233 cm³/mol. The topological polar surface area (TPSA) is 108 Å². The smallest absolute Gasteiger partial charge is 0.462 e. The molecule has 0 saturated carbocycles. The lowest BCUT2D eigenvalue weighted by Gasteiger charge is -2.24. The lowest BCUT2D eigenvalue weighted by Crippen LogP contribution is -2.37. The van der Waals surface area contributed by atoms with Crippen LogP contribution in [0, 0.1) is 0 Å². The van der Waals surface area contributed by atoms with Crippen LogP contribution in [0.25, 0.3) is 0 Å². The molecule has 0 rings (SSSR count). The molecule has 0 spiro atoms. The number of nitrogens with zero attached hydrogens (tertiary/aromatic N) is 1. The van der Waals surface area contributed by atoms with Crippen molar-refractivity contribution in [1.29, 1.82) is 0 Å². The molecule has 1 N–H and O–H groups in total. The summed E-state index contributed by atoms with van der Waals surface area (Å²) in [5.74, 6) is -0.838. The largest absolute Gasteiger partial charge is 0.472 e. The van der Waals surface area contributed by atoms with Crippen LogP contribution in [0.2, 0.25) is 0 Å². The molecule has 0 aliphatic heterocycles. The Morgan fingerprint density at radius 3 is 1.52 bits per heavy atom. The number of allylic oxidation sites excluding steroid dienone is 10. The van der Waals surface area contributed by atoms with E-state index in [9.17, 15) is 19.0 Å². The zero-order valence-electron chi connectivity index (χ0n) is 36.3. The third-order valence-electron chi connectivity index (χ3n) is 9.06.